The minimum atomic E-state index is -2.66. The number of hydrogen-bond acceptors (Lipinski definition) is 9. The van der Waals surface area contributed by atoms with Gasteiger partial charge in [-0.15, -0.1) is 22.0 Å². The van der Waals surface area contributed by atoms with E-state index in [2.05, 4.69) is 31.0 Å². The fourth-order valence-electron chi connectivity index (χ4n) is 3.27. The van der Waals surface area contributed by atoms with E-state index in [4.69, 9.17) is 8.85 Å². The summed E-state index contributed by atoms with van der Waals surface area (Å²) in [6.45, 7) is -2.66. The standard InChI is InChI=1S/C22H26N8O3S/c1-29(12-34-4)22(32)15-11-23-18(25-21(31)13-8-9-13)10-17(15)24-16-7-5-6-14(19(16)33-3)20-26-28-30(2)27-20/h5-7,10-11,13H,8-9,12H2,1-4H3,(H2,23,24,25,31)/i1D3. The van der Waals surface area contributed by atoms with E-state index >= 15 is 0 Å². The first kappa shape index (κ1) is 19.8. The molecule has 0 saturated heterocycles. The molecule has 1 aliphatic rings. The van der Waals surface area contributed by atoms with Crippen molar-refractivity contribution in [2.45, 2.75) is 12.8 Å². The molecule has 2 amide bonds. The minimum absolute atomic E-state index is 0.0136. The van der Waals surface area contributed by atoms with Crippen molar-refractivity contribution < 1.29 is 18.4 Å². The summed E-state index contributed by atoms with van der Waals surface area (Å²) in [7, 11) is 3.12. The fourth-order valence-corrected chi connectivity index (χ4v) is 3.65. The molecule has 11 nitrogen and oxygen atoms in total. The first-order valence-electron chi connectivity index (χ1n) is 11.9. The highest BCUT2D eigenvalue weighted by molar-refractivity contribution is 7.98. The van der Waals surface area contributed by atoms with Gasteiger partial charge in [0, 0.05) is 29.3 Å². The third-order valence-electron chi connectivity index (χ3n) is 5.07. The number of carbonyl (C=O) groups excluding carboxylic acids is 2. The highest BCUT2D eigenvalue weighted by atomic mass is 32.2. The number of para-hydroxylation sites is 1. The Kier molecular flexibility index (Phi) is 5.86. The molecule has 178 valence electrons. The third-order valence-corrected chi connectivity index (χ3v) is 5.59. The van der Waals surface area contributed by atoms with Crippen LogP contribution in [0.3, 0.4) is 0 Å². The summed E-state index contributed by atoms with van der Waals surface area (Å²) < 4.78 is 29.1. The van der Waals surface area contributed by atoms with Gasteiger partial charge in [-0.05, 0) is 36.4 Å². The molecule has 0 aliphatic heterocycles. The number of aromatic nitrogens is 5. The summed E-state index contributed by atoms with van der Waals surface area (Å²) in [4.78, 5) is 32.1. The van der Waals surface area contributed by atoms with Gasteiger partial charge in [0.15, 0.2) is 5.75 Å². The molecule has 1 aliphatic carbocycles. The Morgan fingerprint density at radius 1 is 1.35 bits per heavy atom. The lowest BCUT2D eigenvalue weighted by molar-refractivity contribution is -0.117. The van der Waals surface area contributed by atoms with Gasteiger partial charge in [0.1, 0.15) is 5.82 Å². The van der Waals surface area contributed by atoms with Crippen molar-refractivity contribution in [3.63, 3.8) is 0 Å². The zero-order valence-electron chi connectivity index (χ0n) is 21.9. The zero-order valence-corrected chi connectivity index (χ0v) is 19.7. The molecule has 2 aromatic heterocycles. The maximum absolute atomic E-state index is 13.4. The predicted molar refractivity (Wildman–Crippen MR) is 130 cm³/mol. The predicted octanol–water partition coefficient (Wildman–Crippen LogP) is 2.77. The number of thioether (sulfide) groups is 1. The second-order valence-corrected chi connectivity index (χ2v) is 8.48. The number of methoxy groups -OCH3 is 1. The van der Waals surface area contributed by atoms with Crippen LogP contribution in [0, 0.1) is 5.92 Å². The molecular formula is C22H26N8O3S. The van der Waals surface area contributed by atoms with Crippen molar-refractivity contribution in [3.8, 4) is 17.1 Å². The Morgan fingerprint density at radius 3 is 2.82 bits per heavy atom. The number of tetrazole rings is 1. The number of aryl methyl sites for hydroxylation is 1. The average molecular weight is 486 g/mol. The lowest BCUT2D eigenvalue weighted by Crippen LogP contribution is -2.27. The topological polar surface area (TPSA) is 127 Å². The molecule has 2 N–H and O–H groups in total. The van der Waals surface area contributed by atoms with E-state index in [1.165, 1.54) is 35.9 Å². The van der Waals surface area contributed by atoms with Gasteiger partial charge in [0.25, 0.3) is 5.91 Å². The molecule has 12 heteroatoms. The van der Waals surface area contributed by atoms with Crippen LogP contribution in [0.5, 0.6) is 5.75 Å². The van der Waals surface area contributed by atoms with Gasteiger partial charge in [-0.1, -0.05) is 6.07 Å². The Labute approximate surface area is 205 Å². The average Bonchev–Trinajstić information content (AvgIpc) is 3.62. The number of benzene rings is 1. The number of rotatable bonds is 9. The molecule has 4 rings (SSSR count). The van der Waals surface area contributed by atoms with Crippen LogP contribution in [0.1, 0.15) is 27.3 Å². The summed E-state index contributed by atoms with van der Waals surface area (Å²) >= 11 is 1.20. The number of nitrogens with zero attached hydrogens (tertiary/aromatic N) is 6. The van der Waals surface area contributed by atoms with Gasteiger partial charge in [0.05, 0.1) is 42.5 Å². The minimum Gasteiger partial charge on any atom is -0.494 e. The number of amides is 2. The fraction of sp³-hybridized carbons (Fsp3) is 0.364. The van der Waals surface area contributed by atoms with Crippen LogP contribution in [0.2, 0.25) is 0 Å². The van der Waals surface area contributed by atoms with Crippen molar-refractivity contribution in [2.24, 2.45) is 13.0 Å². The molecule has 1 saturated carbocycles. The Morgan fingerprint density at radius 2 is 2.18 bits per heavy atom. The van der Waals surface area contributed by atoms with E-state index in [9.17, 15) is 9.59 Å². The number of nitrogens with one attached hydrogen (secondary N) is 2. The molecule has 3 aromatic rings. The normalized spacial score (nSPS) is 14.5. The lowest BCUT2D eigenvalue weighted by Gasteiger charge is -2.20. The monoisotopic (exact) mass is 485 g/mol. The van der Waals surface area contributed by atoms with Crippen LogP contribution in [-0.2, 0) is 11.8 Å². The van der Waals surface area contributed by atoms with Crippen molar-refractivity contribution in [1.29, 1.82) is 0 Å². The molecule has 0 atom stereocenters. The maximum Gasteiger partial charge on any atom is 0.257 e. The van der Waals surface area contributed by atoms with E-state index < -0.39 is 12.9 Å². The van der Waals surface area contributed by atoms with Crippen LogP contribution in [0.4, 0.5) is 17.2 Å². The van der Waals surface area contributed by atoms with Crippen LogP contribution in [-0.4, -0.2) is 68.1 Å². The first-order chi connectivity index (χ1) is 17.6. The van der Waals surface area contributed by atoms with E-state index in [1.807, 2.05) is 0 Å². The van der Waals surface area contributed by atoms with Crippen LogP contribution in [0.15, 0.2) is 30.5 Å². The SMILES string of the molecule is [2H]C([2H])([2H])N(CSC)C(=O)c1cnc(NC(=O)C2CC2)cc1Nc1cccc(-c2nnn(C)n2)c1OC. The summed E-state index contributed by atoms with van der Waals surface area (Å²) in [5, 5.41) is 18.0. The summed E-state index contributed by atoms with van der Waals surface area (Å²) in [5.74, 6) is -0.0552. The summed E-state index contributed by atoms with van der Waals surface area (Å²) in [6.07, 6.45) is 4.59. The summed E-state index contributed by atoms with van der Waals surface area (Å²) in [5.41, 5.74) is 1.26. The molecule has 2 heterocycles. The molecule has 34 heavy (non-hydrogen) atoms. The molecule has 0 radical (unpaired) electrons. The van der Waals surface area contributed by atoms with Crippen molar-refractivity contribution in [1.82, 2.24) is 30.1 Å². The van der Waals surface area contributed by atoms with E-state index in [0.717, 1.165) is 17.7 Å². The highest BCUT2D eigenvalue weighted by Gasteiger charge is 2.30. The largest absolute Gasteiger partial charge is 0.494 e. The van der Waals surface area contributed by atoms with E-state index in [1.54, 1.807) is 31.5 Å². The van der Waals surface area contributed by atoms with Gasteiger partial charge >= 0.3 is 0 Å². The molecule has 0 bridgehead atoms. The Balaban J connectivity index is 1.76. The van der Waals surface area contributed by atoms with Crippen LogP contribution in [0.25, 0.3) is 11.4 Å². The molecule has 0 unspecified atom stereocenters. The van der Waals surface area contributed by atoms with Gasteiger partial charge in [-0.3, -0.25) is 9.59 Å². The van der Waals surface area contributed by atoms with Gasteiger partial charge in [0.2, 0.25) is 11.7 Å². The van der Waals surface area contributed by atoms with Crippen LogP contribution >= 0.6 is 11.8 Å². The summed E-state index contributed by atoms with van der Waals surface area (Å²) in [6, 6.07) is 6.73. The van der Waals surface area contributed by atoms with Gasteiger partial charge in [-0.25, -0.2) is 4.98 Å². The Hall–Kier alpha value is -3.67. The molecule has 1 aromatic carbocycles. The smallest absolute Gasteiger partial charge is 0.257 e. The number of pyridine rings is 1. The third kappa shape index (κ3) is 5.11. The van der Waals surface area contributed by atoms with Crippen molar-refractivity contribution in [2.75, 3.05) is 36.9 Å². The van der Waals surface area contributed by atoms with Crippen LogP contribution < -0.4 is 15.4 Å². The second kappa shape index (κ2) is 10.1. The van der Waals surface area contributed by atoms with E-state index in [0.29, 0.717) is 22.8 Å². The van der Waals surface area contributed by atoms with Crippen molar-refractivity contribution >= 4 is 40.8 Å². The highest BCUT2D eigenvalue weighted by Crippen LogP contribution is 2.37. The van der Waals surface area contributed by atoms with Gasteiger partial charge < -0.3 is 20.3 Å². The first-order valence-corrected chi connectivity index (χ1v) is 11.8. The van der Waals surface area contributed by atoms with Crippen molar-refractivity contribution in [3.05, 3.63) is 36.0 Å². The number of hydrogen-bond donors (Lipinski definition) is 2. The quantitative estimate of drug-likeness (QED) is 0.440. The molecule has 0 spiro atoms. The molecule has 1 fully saturated rings. The molecular weight excluding hydrogens is 456 g/mol. The second-order valence-electron chi connectivity index (χ2n) is 7.64. The number of ether oxygens (including phenoxy) is 1. The zero-order chi connectivity index (χ0) is 26.7. The maximum atomic E-state index is 13.4. The van der Waals surface area contributed by atoms with E-state index in [-0.39, 0.29) is 34.8 Å². The number of carbonyl (C=O) groups is 2. The lowest BCUT2D eigenvalue weighted by atomic mass is 10.1. The van der Waals surface area contributed by atoms with Gasteiger partial charge in [-0.2, -0.15) is 4.80 Å². The number of anilines is 3. The Bertz CT molecular complexity index is 1310.